The van der Waals surface area contributed by atoms with Crippen LogP contribution in [0.25, 0.3) is 11.3 Å². The minimum Gasteiger partial charge on any atom is -0.324 e. The first kappa shape index (κ1) is 14.2. The van der Waals surface area contributed by atoms with E-state index in [1.807, 2.05) is 24.4 Å². The number of rotatable bonds is 3. The first-order valence-corrected chi connectivity index (χ1v) is 8.54. The summed E-state index contributed by atoms with van der Waals surface area (Å²) in [5, 5.41) is 3.25. The molecule has 0 saturated heterocycles. The Morgan fingerprint density at radius 3 is 2.56 bits per heavy atom. The van der Waals surface area contributed by atoms with Crippen LogP contribution in [0.3, 0.4) is 0 Å². The van der Waals surface area contributed by atoms with E-state index < -0.39 is 0 Å². The van der Waals surface area contributed by atoms with Crippen molar-refractivity contribution in [3.8, 4) is 11.3 Å². The van der Waals surface area contributed by atoms with Crippen molar-refractivity contribution in [1.29, 1.82) is 0 Å². The number of hydrogen-bond donors (Lipinski definition) is 1. The number of nitrogens with one attached hydrogen (secondary N) is 1. The van der Waals surface area contributed by atoms with Crippen LogP contribution >= 0.6 is 0 Å². The molecule has 120 valence electrons. The fourth-order valence-electron chi connectivity index (χ4n) is 3.58. The van der Waals surface area contributed by atoms with Crippen molar-refractivity contribution in [1.82, 2.24) is 9.97 Å². The molecule has 2 aliphatic carbocycles. The van der Waals surface area contributed by atoms with E-state index in [-0.39, 0.29) is 0 Å². The van der Waals surface area contributed by atoms with Gasteiger partial charge in [0.05, 0.1) is 5.69 Å². The molecular formula is C22H17N3. The van der Waals surface area contributed by atoms with Crippen molar-refractivity contribution in [2.45, 2.75) is 12.3 Å². The van der Waals surface area contributed by atoms with Gasteiger partial charge in [0.2, 0.25) is 5.95 Å². The zero-order chi connectivity index (χ0) is 16.6. The number of hydrogen-bond acceptors (Lipinski definition) is 3. The highest BCUT2D eigenvalue weighted by molar-refractivity contribution is 5.72. The molecule has 0 amide bonds. The summed E-state index contributed by atoms with van der Waals surface area (Å²) >= 11 is 0. The number of fused-ring (bicyclic) bond motifs is 3. The molecule has 3 aromatic rings. The molecule has 1 N–H and O–H groups in total. The van der Waals surface area contributed by atoms with Gasteiger partial charge in [0, 0.05) is 23.4 Å². The smallest absolute Gasteiger partial charge is 0.227 e. The van der Waals surface area contributed by atoms with Crippen LogP contribution in [-0.2, 0) is 6.42 Å². The van der Waals surface area contributed by atoms with Gasteiger partial charge in [0.15, 0.2) is 0 Å². The van der Waals surface area contributed by atoms with Crippen molar-refractivity contribution in [3.05, 3.63) is 101 Å². The van der Waals surface area contributed by atoms with Gasteiger partial charge in [-0.2, -0.15) is 0 Å². The first-order chi connectivity index (χ1) is 12.4. The molecule has 0 spiro atoms. The summed E-state index contributed by atoms with van der Waals surface area (Å²) in [5.41, 5.74) is 7.19. The standard InChI is InChI=1S/C22H17N3/c1-2-7-15(8-3-1)20-13-16-14-23-22(24-17-9-6-10-17)25-21(16)19-12-5-4-11-18(19)20/h1-12,14,20H,13H2,(H,23,24,25). The Kier molecular flexibility index (Phi) is 3.23. The van der Waals surface area contributed by atoms with Crippen LogP contribution in [0.2, 0.25) is 0 Å². The van der Waals surface area contributed by atoms with Crippen LogP contribution in [-0.4, -0.2) is 9.97 Å². The average molecular weight is 323 g/mol. The second-order valence-corrected chi connectivity index (χ2v) is 6.43. The molecule has 0 aliphatic heterocycles. The summed E-state index contributed by atoms with van der Waals surface area (Å²) in [5.74, 6) is 1.01. The molecule has 0 bridgehead atoms. The lowest BCUT2D eigenvalue weighted by Gasteiger charge is -2.27. The molecule has 3 heteroatoms. The summed E-state index contributed by atoms with van der Waals surface area (Å²) in [4.78, 5) is 9.33. The van der Waals surface area contributed by atoms with Gasteiger partial charge in [-0.3, -0.25) is 0 Å². The SMILES string of the molecule is C1=CC(Nc2ncc3c(n2)-c2ccccc2C(c2ccccc2)C3)=C1. The van der Waals surface area contributed by atoms with Gasteiger partial charge in [0.25, 0.3) is 0 Å². The Morgan fingerprint density at radius 2 is 1.76 bits per heavy atom. The van der Waals surface area contributed by atoms with Gasteiger partial charge in [-0.25, -0.2) is 9.97 Å². The third-order valence-electron chi connectivity index (χ3n) is 4.89. The Balaban J connectivity index is 1.60. The minimum absolute atomic E-state index is 0.351. The lowest BCUT2D eigenvalue weighted by Crippen LogP contribution is -2.15. The molecule has 0 fully saturated rings. The van der Waals surface area contributed by atoms with Crippen molar-refractivity contribution >= 4 is 5.95 Å². The Morgan fingerprint density at radius 1 is 0.960 bits per heavy atom. The second kappa shape index (κ2) is 5.71. The van der Waals surface area contributed by atoms with E-state index in [1.165, 1.54) is 22.3 Å². The van der Waals surface area contributed by atoms with Crippen LogP contribution in [0.1, 0.15) is 22.6 Å². The van der Waals surface area contributed by atoms with Crippen LogP contribution in [0, 0.1) is 0 Å². The maximum atomic E-state index is 4.81. The van der Waals surface area contributed by atoms with Crippen LogP contribution in [0.4, 0.5) is 5.95 Å². The quantitative estimate of drug-likeness (QED) is 0.759. The van der Waals surface area contributed by atoms with Gasteiger partial charge >= 0.3 is 0 Å². The van der Waals surface area contributed by atoms with Gasteiger partial charge in [0.1, 0.15) is 0 Å². The lowest BCUT2D eigenvalue weighted by atomic mass is 9.78. The highest BCUT2D eigenvalue weighted by Crippen LogP contribution is 2.41. The fraction of sp³-hybridized carbons (Fsp3) is 0.0909. The summed E-state index contributed by atoms with van der Waals surface area (Å²) in [6.45, 7) is 0. The van der Waals surface area contributed by atoms with Gasteiger partial charge in [-0.1, -0.05) is 60.7 Å². The Labute approximate surface area is 146 Å². The Bertz CT molecular complexity index is 1000. The van der Waals surface area contributed by atoms with Crippen molar-refractivity contribution in [3.63, 3.8) is 0 Å². The van der Waals surface area contributed by atoms with E-state index in [4.69, 9.17) is 4.98 Å². The number of aromatic nitrogens is 2. The third-order valence-corrected chi connectivity index (χ3v) is 4.89. The van der Waals surface area contributed by atoms with Crippen molar-refractivity contribution in [2.75, 3.05) is 5.32 Å². The molecule has 3 nitrogen and oxygen atoms in total. The highest BCUT2D eigenvalue weighted by atomic mass is 15.1. The van der Waals surface area contributed by atoms with Crippen LogP contribution in [0.15, 0.2) is 84.7 Å². The van der Waals surface area contributed by atoms with E-state index in [9.17, 15) is 0 Å². The number of benzene rings is 2. The molecule has 1 atom stereocenters. The fourth-order valence-corrected chi connectivity index (χ4v) is 3.58. The first-order valence-electron chi connectivity index (χ1n) is 8.54. The van der Waals surface area contributed by atoms with E-state index in [0.717, 1.165) is 17.8 Å². The Hall–Kier alpha value is -3.20. The van der Waals surface area contributed by atoms with Gasteiger partial charge in [-0.05, 0) is 35.3 Å². The van der Waals surface area contributed by atoms with Gasteiger partial charge in [-0.15, -0.1) is 0 Å². The van der Waals surface area contributed by atoms with Gasteiger partial charge < -0.3 is 5.32 Å². The van der Waals surface area contributed by atoms with E-state index in [2.05, 4.69) is 64.9 Å². The van der Waals surface area contributed by atoms with E-state index >= 15 is 0 Å². The number of anilines is 1. The second-order valence-electron chi connectivity index (χ2n) is 6.43. The van der Waals surface area contributed by atoms with Crippen molar-refractivity contribution < 1.29 is 0 Å². The third kappa shape index (κ3) is 2.45. The topological polar surface area (TPSA) is 37.8 Å². The molecule has 25 heavy (non-hydrogen) atoms. The monoisotopic (exact) mass is 323 g/mol. The molecule has 2 aromatic carbocycles. The van der Waals surface area contributed by atoms with E-state index in [1.54, 1.807) is 0 Å². The molecule has 0 radical (unpaired) electrons. The molecule has 2 aliphatic rings. The predicted molar refractivity (Wildman–Crippen MR) is 100 cm³/mol. The normalized spacial score (nSPS) is 17.1. The molecule has 1 unspecified atom stereocenters. The molecule has 1 heterocycles. The van der Waals surface area contributed by atoms with Crippen LogP contribution < -0.4 is 5.32 Å². The van der Waals surface area contributed by atoms with Crippen LogP contribution in [0.5, 0.6) is 0 Å². The summed E-state index contributed by atoms with van der Waals surface area (Å²) < 4.78 is 0. The van der Waals surface area contributed by atoms with Crippen molar-refractivity contribution in [2.24, 2.45) is 0 Å². The molecular weight excluding hydrogens is 306 g/mol. The molecule has 0 saturated carbocycles. The lowest BCUT2D eigenvalue weighted by molar-refractivity contribution is 0.782. The summed E-state index contributed by atoms with van der Waals surface area (Å²) in [6.07, 6.45) is 8.93. The zero-order valence-corrected chi connectivity index (χ0v) is 13.7. The summed E-state index contributed by atoms with van der Waals surface area (Å²) in [7, 11) is 0. The predicted octanol–water partition coefficient (Wildman–Crippen LogP) is 4.70. The molecule has 1 aromatic heterocycles. The largest absolute Gasteiger partial charge is 0.324 e. The average Bonchev–Trinajstić information content (AvgIpc) is 2.65. The van der Waals surface area contributed by atoms with E-state index in [0.29, 0.717) is 11.9 Å². The maximum absolute atomic E-state index is 4.81. The number of allylic oxidation sites excluding steroid dienone is 3. The minimum atomic E-state index is 0.351. The zero-order valence-electron chi connectivity index (χ0n) is 13.7. The maximum Gasteiger partial charge on any atom is 0.227 e. The summed E-state index contributed by atoms with van der Waals surface area (Å²) in [6, 6.07) is 19.3. The number of nitrogens with zero attached hydrogens (tertiary/aromatic N) is 2. The molecule has 5 rings (SSSR count). The highest BCUT2D eigenvalue weighted by Gasteiger charge is 2.27.